The first-order valence-electron chi connectivity index (χ1n) is 7.85. The van der Waals surface area contributed by atoms with E-state index in [0.717, 1.165) is 5.56 Å². The van der Waals surface area contributed by atoms with Crippen LogP contribution in [-0.2, 0) is 14.3 Å². The van der Waals surface area contributed by atoms with E-state index in [2.05, 4.69) is 0 Å². The van der Waals surface area contributed by atoms with E-state index in [-0.39, 0.29) is 24.2 Å². The molecule has 1 fully saturated rings. The zero-order chi connectivity index (χ0) is 16.9. The van der Waals surface area contributed by atoms with Crippen LogP contribution in [-0.4, -0.2) is 28.6 Å². The maximum absolute atomic E-state index is 10.5. The van der Waals surface area contributed by atoms with Crippen LogP contribution in [0.25, 0.3) is 0 Å². The van der Waals surface area contributed by atoms with Gasteiger partial charge in [-0.25, -0.2) is 0 Å². The Morgan fingerprint density at radius 2 is 2.09 bits per heavy atom. The fraction of sp³-hybridized carbons (Fsp3) is 0.500. The number of phenolic OH excluding ortho intramolecular Hbond substituents is 1. The SMILES string of the molecule is CC1(C)OCC(CC=CCCC(=O)O)C(c2ccccc2O)O1. The standard InChI is InChI=1S/C18H24O5/c1-18(2)22-12-13(8-4-3-5-11-16(20)21)17(23-18)14-9-6-7-10-15(14)19/h3-4,6-7,9-10,13,17,19H,5,8,11-12H2,1-2H3,(H,20,21). The Morgan fingerprint density at radius 1 is 1.35 bits per heavy atom. The molecule has 1 aliphatic rings. The first-order valence-corrected chi connectivity index (χ1v) is 7.85. The molecule has 5 heteroatoms. The van der Waals surface area contributed by atoms with Gasteiger partial charge in [-0.2, -0.15) is 0 Å². The van der Waals surface area contributed by atoms with Gasteiger partial charge in [0.1, 0.15) is 5.75 Å². The second kappa shape index (κ2) is 7.62. The number of allylic oxidation sites excluding steroid dienone is 2. The average molecular weight is 320 g/mol. The minimum Gasteiger partial charge on any atom is -0.508 e. The number of carboxylic acid groups (broad SMARTS) is 1. The third-order valence-electron chi connectivity index (χ3n) is 3.86. The number of hydrogen-bond donors (Lipinski definition) is 2. The van der Waals surface area contributed by atoms with E-state index in [1.165, 1.54) is 0 Å². The van der Waals surface area contributed by atoms with Crippen LogP contribution in [0, 0.1) is 5.92 Å². The maximum Gasteiger partial charge on any atom is 0.303 e. The van der Waals surface area contributed by atoms with Gasteiger partial charge >= 0.3 is 5.97 Å². The Bertz CT molecular complexity index is 564. The fourth-order valence-corrected chi connectivity index (χ4v) is 2.66. The van der Waals surface area contributed by atoms with Gasteiger partial charge in [-0.05, 0) is 32.8 Å². The lowest BCUT2D eigenvalue weighted by Gasteiger charge is -2.41. The fourth-order valence-electron chi connectivity index (χ4n) is 2.66. The summed E-state index contributed by atoms with van der Waals surface area (Å²) in [6.07, 6.45) is 4.92. The molecule has 2 atom stereocenters. The number of aliphatic carboxylic acids is 1. The van der Waals surface area contributed by atoms with Gasteiger partial charge in [0.25, 0.3) is 0 Å². The smallest absolute Gasteiger partial charge is 0.303 e. The van der Waals surface area contributed by atoms with Gasteiger partial charge in [-0.15, -0.1) is 0 Å². The van der Waals surface area contributed by atoms with Crippen molar-refractivity contribution in [3.63, 3.8) is 0 Å². The predicted octanol–water partition coefficient (Wildman–Crippen LogP) is 3.64. The summed E-state index contributed by atoms with van der Waals surface area (Å²) in [6.45, 7) is 4.24. The zero-order valence-corrected chi connectivity index (χ0v) is 13.6. The van der Waals surface area contributed by atoms with E-state index in [1.54, 1.807) is 12.1 Å². The number of phenols is 1. The molecule has 1 aliphatic heterocycles. The lowest BCUT2D eigenvalue weighted by Crippen LogP contribution is -2.41. The van der Waals surface area contributed by atoms with Crippen LogP contribution in [0.1, 0.15) is 44.8 Å². The third kappa shape index (κ3) is 5.08. The first-order chi connectivity index (χ1) is 10.9. The first kappa shape index (κ1) is 17.5. The topological polar surface area (TPSA) is 76.0 Å². The van der Waals surface area contributed by atoms with Gasteiger partial charge in [0.05, 0.1) is 12.7 Å². The molecule has 2 unspecified atom stereocenters. The molecule has 0 radical (unpaired) electrons. The van der Waals surface area contributed by atoms with Crippen LogP contribution in [0.2, 0.25) is 0 Å². The van der Waals surface area contributed by atoms with Gasteiger partial charge in [0.15, 0.2) is 5.79 Å². The number of hydrogen-bond acceptors (Lipinski definition) is 4. The minimum atomic E-state index is -0.798. The molecule has 1 saturated heterocycles. The predicted molar refractivity (Wildman–Crippen MR) is 86.1 cm³/mol. The molecule has 2 rings (SSSR count). The van der Waals surface area contributed by atoms with Crippen molar-refractivity contribution in [2.24, 2.45) is 5.92 Å². The van der Waals surface area contributed by atoms with E-state index < -0.39 is 11.8 Å². The number of carbonyl (C=O) groups is 1. The average Bonchev–Trinajstić information content (AvgIpc) is 2.48. The van der Waals surface area contributed by atoms with Crippen molar-refractivity contribution in [1.29, 1.82) is 0 Å². The molecule has 1 aromatic carbocycles. The molecule has 5 nitrogen and oxygen atoms in total. The summed E-state index contributed by atoms with van der Waals surface area (Å²) < 4.78 is 11.8. The van der Waals surface area contributed by atoms with Gasteiger partial charge in [-0.1, -0.05) is 30.4 Å². The summed E-state index contributed by atoms with van der Waals surface area (Å²) in [7, 11) is 0. The Kier molecular flexibility index (Phi) is 5.80. The Hall–Kier alpha value is -1.85. The summed E-state index contributed by atoms with van der Waals surface area (Å²) in [5, 5.41) is 18.8. The van der Waals surface area contributed by atoms with Crippen molar-refractivity contribution >= 4 is 5.97 Å². The Morgan fingerprint density at radius 3 is 2.78 bits per heavy atom. The molecule has 0 spiro atoms. The molecule has 2 N–H and O–H groups in total. The number of benzene rings is 1. The summed E-state index contributed by atoms with van der Waals surface area (Å²) in [4.78, 5) is 10.5. The van der Waals surface area contributed by atoms with Crippen LogP contribution in [0.15, 0.2) is 36.4 Å². The minimum absolute atomic E-state index is 0.0670. The van der Waals surface area contributed by atoms with Crippen LogP contribution in [0.3, 0.4) is 0 Å². The van der Waals surface area contributed by atoms with Crippen molar-refractivity contribution in [2.75, 3.05) is 6.61 Å². The molecule has 0 aromatic heterocycles. The van der Waals surface area contributed by atoms with Crippen molar-refractivity contribution in [1.82, 2.24) is 0 Å². The van der Waals surface area contributed by atoms with Crippen LogP contribution in [0.4, 0.5) is 0 Å². The highest BCUT2D eigenvalue weighted by atomic mass is 16.7. The quantitative estimate of drug-likeness (QED) is 0.783. The molecule has 1 heterocycles. The monoisotopic (exact) mass is 320 g/mol. The van der Waals surface area contributed by atoms with Crippen molar-refractivity contribution < 1.29 is 24.5 Å². The van der Waals surface area contributed by atoms with Crippen molar-refractivity contribution in [3.05, 3.63) is 42.0 Å². The Balaban J connectivity index is 2.07. The second-order valence-corrected chi connectivity index (χ2v) is 6.21. The maximum atomic E-state index is 10.5. The van der Waals surface area contributed by atoms with E-state index in [9.17, 15) is 9.90 Å². The zero-order valence-electron chi connectivity index (χ0n) is 13.6. The highest BCUT2D eigenvalue weighted by molar-refractivity contribution is 5.66. The number of rotatable bonds is 6. The number of carboxylic acids is 1. The summed E-state index contributed by atoms with van der Waals surface area (Å²) in [6, 6.07) is 7.17. The summed E-state index contributed by atoms with van der Waals surface area (Å²) >= 11 is 0. The molecule has 0 bridgehead atoms. The normalized spacial score (nSPS) is 23.9. The summed E-state index contributed by atoms with van der Waals surface area (Å²) in [5.74, 6) is -1.21. The number of ether oxygens (including phenoxy) is 2. The van der Waals surface area contributed by atoms with Gasteiger partial charge in [0, 0.05) is 17.9 Å². The van der Waals surface area contributed by atoms with Gasteiger partial charge in [-0.3, -0.25) is 4.79 Å². The lowest BCUT2D eigenvalue weighted by atomic mass is 9.91. The lowest BCUT2D eigenvalue weighted by molar-refractivity contribution is -0.295. The van der Waals surface area contributed by atoms with Crippen LogP contribution in [0.5, 0.6) is 5.75 Å². The Labute approximate surface area is 136 Å². The van der Waals surface area contributed by atoms with E-state index in [0.29, 0.717) is 19.4 Å². The number of para-hydroxylation sites is 1. The van der Waals surface area contributed by atoms with Crippen molar-refractivity contribution in [2.45, 2.75) is 45.0 Å². The third-order valence-corrected chi connectivity index (χ3v) is 3.86. The molecule has 1 aromatic rings. The highest BCUT2D eigenvalue weighted by Gasteiger charge is 2.37. The van der Waals surface area contributed by atoms with Crippen molar-refractivity contribution in [3.8, 4) is 5.75 Å². The molecule has 0 amide bonds. The summed E-state index contributed by atoms with van der Waals surface area (Å²) in [5.41, 5.74) is 0.757. The largest absolute Gasteiger partial charge is 0.508 e. The van der Waals surface area contributed by atoms with Crippen LogP contribution < -0.4 is 0 Å². The second-order valence-electron chi connectivity index (χ2n) is 6.21. The van der Waals surface area contributed by atoms with Gasteiger partial charge in [0.2, 0.25) is 0 Å². The van der Waals surface area contributed by atoms with Crippen LogP contribution >= 0.6 is 0 Å². The molecule has 0 aliphatic carbocycles. The van der Waals surface area contributed by atoms with E-state index in [1.807, 2.05) is 38.1 Å². The molecule has 23 heavy (non-hydrogen) atoms. The van der Waals surface area contributed by atoms with Gasteiger partial charge < -0.3 is 19.7 Å². The van der Waals surface area contributed by atoms with E-state index in [4.69, 9.17) is 14.6 Å². The number of aromatic hydroxyl groups is 1. The molecular weight excluding hydrogens is 296 g/mol. The van der Waals surface area contributed by atoms with E-state index >= 15 is 0 Å². The molecular formula is C18H24O5. The highest BCUT2D eigenvalue weighted by Crippen LogP contribution is 2.41. The molecule has 0 saturated carbocycles. The molecule has 126 valence electrons.